The maximum atomic E-state index is 5.88. The summed E-state index contributed by atoms with van der Waals surface area (Å²) >= 11 is 11.8. The molecule has 0 heterocycles. The summed E-state index contributed by atoms with van der Waals surface area (Å²) in [5.74, 6) is 0.693. The van der Waals surface area contributed by atoms with Gasteiger partial charge >= 0.3 is 0 Å². The fraction of sp³-hybridized carbons (Fsp3) is 0.571. The maximum Gasteiger partial charge on any atom is 0.122 e. The average molecular weight is 306 g/mol. The summed E-state index contributed by atoms with van der Waals surface area (Å²) in [5.41, 5.74) is 0. The SMILES string of the molecule is CCCCOCCNCCOc1cc(Cl)cc(Cl)c1. The second-order valence-corrected chi connectivity index (χ2v) is 5.04. The lowest BCUT2D eigenvalue weighted by Crippen LogP contribution is -2.25. The lowest BCUT2D eigenvalue weighted by molar-refractivity contribution is 0.132. The maximum absolute atomic E-state index is 5.88. The summed E-state index contributed by atoms with van der Waals surface area (Å²) in [5, 5.41) is 4.41. The van der Waals surface area contributed by atoms with E-state index < -0.39 is 0 Å². The van der Waals surface area contributed by atoms with Gasteiger partial charge in [-0.3, -0.25) is 0 Å². The molecule has 3 nitrogen and oxygen atoms in total. The Balaban J connectivity index is 2.01. The van der Waals surface area contributed by atoms with E-state index >= 15 is 0 Å². The molecule has 1 rings (SSSR count). The second-order valence-electron chi connectivity index (χ2n) is 4.17. The van der Waals surface area contributed by atoms with E-state index in [1.54, 1.807) is 18.2 Å². The van der Waals surface area contributed by atoms with Crippen molar-refractivity contribution in [2.45, 2.75) is 19.8 Å². The molecular formula is C14H21Cl2NO2. The van der Waals surface area contributed by atoms with Crippen LogP contribution in [0, 0.1) is 0 Å². The molecule has 0 saturated heterocycles. The molecule has 0 aliphatic carbocycles. The zero-order chi connectivity index (χ0) is 13.9. The third-order valence-electron chi connectivity index (χ3n) is 2.45. The van der Waals surface area contributed by atoms with Crippen molar-refractivity contribution in [1.29, 1.82) is 0 Å². The van der Waals surface area contributed by atoms with Gasteiger partial charge in [-0.2, -0.15) is 0 Å². The molecule has 0 fully saturated rings. The van der Waals surface area contributed by atoms with Gasteiger partial charge in [0.15, 0.2) is 0 Å². The number of hydrogen-bond donors (Lipinski definition) is 1. The van der Waals surface area contributed by atoms with Crippen LogP contribution in [0.15, 0.2) is 18.2 Å². The van der Waals surface area contributed by atoms with Crippen molar-refractivity contribution in [1.82, 2.24) is 5.32 Å². The summed E-state index contributed by atoms with van der Waals surface area (Å²) in [6.07, 6.45) is 2.29. The zero-order valence-corrected chi connectivity index (χ0v) is 12.8. The number of halogens is 2. The Hall–Kier alpha value is -0.480. The smallest absolute Gasteiger partial charge is 0.122 e. The van der Waals surface area contributed by atoms with Gasteiger partial charge in [0.2, 0.25) is 0 Å². The quantitative estimate of drug-likeness (QED) is 0.667. The van der Waals surface area contributed by atoms with Crippen molar-refractivity contribution in [3.63, 3.8) is 0 Å². The lowest BCUT2D eigenvalue weighted by atomic mass is 10.3. The van der Waals surface area contributed by atoms with E-state index in [1.807, 2.05) is 0 Å². The molecule has 0 aliphatic rings. The van der Waals surface area contributed by atoms with E-state index in [0.29, 0.717) is 22.4 Å². The van der Waals surface area contributed by atoms with Crippen LogP contribution in [0.3, 0.4) is 0 Å². The first-order valence-corrected chi connectivity index (χ1v) is 7.35. The Morgan fingerprint density at radius 2 is 1.68 bits per heavy atom. The van der Waals surface area contributed by atoms with Crippen LogP contribution in [0.4, 0.5) is 0 Å². The highest BCUT2D eigenvalue weighted by Crippen LogP contribution is 2.23. The molecule has 0 saturated carbocycles. The van der Waals surface area contributed by atoms with Crippen molar-refractivity contribution in [2.24, 2.45) is 0 Å². The molecule has 0 atom stereocenters. The van der Waals surface area contributed by atoms with E-state index in [4.69, 9.17) is 32.7 Å². The Kier molecular flexibility index (Phi) is 9.01. The second kappa shape index (κ2) is 10.3. The van der Waals surface area contributed by atoms with E-state index in [9.17, 15) is 0 Å². The van der Waals surface area contributed by atoms with Crippen LogP contribution in [0.1, 0.15) is 19.8 Å². The Morgan fingerprint density at radius 3 is 2.37 bits per heavy atom. The van der Waals surface area contributed by atoms with Crippen LogP contribution in [0.2, 0.25) is 10.0 Å². The summed E-state index contributed by atoms with van der Waals surface area (Å²) in [6.45, 7) is 5.91. The minimum Gasteiger partial charge on any atom is -0.492 e. The number of ether oxygens (including phenoxy) is 2. The molecule has 1 aromatic rings. The molecule has 1 aromatic carbocycles. The zero-order valence-electron chi connectivity index (χ0n) is 11.3. The van der Waals surface area contributed by atoms with Crippen molar-refractivity contribution < 1.29 is 9.47 Å². The van der Waals surface area contributed by atoms with Gasteiger partial charge in [0, 0.05) is 29.7 Å². The van der Waals surface area contributed by atoms with E-state index in [2.05, 4.69) is 12.2 Å². The summed E-state index contributed by atoms with van der Waals surface area (Å²) in [4.78, 5) is 0. The average Bonchev–Trinajstić information content (AvgIpc) is 2.36. The van der Waals surface area contributed by atoms with Crippen LogP contribution in [0.5, 0.6) is 5.75 Å². The summed E-state index contributed by atoms with van der Waals surface area (Å²) < 4.78 is 11.0. The molecule has 1 N–H and O–H groups in total. The fourth-order valence-electron chi connectivity index (χ4n) is 1.47. The van der Waals surface area contributed by atoms with E-state index in [1.165, 1.54) is 6.42 Å². The van der Waals surface area contributed by atoms with Crippen LogP contribution in [-0.2, 0) is 4.74 Å². The van der Waals surface area contributed by atoms with Crippen LogP contribution < -0.4 is 10.1 Å². The first-order chi connectivity index (χ1) is 9.22. The molecule has 0 unspecified atom stereocenters. The number of hydrogen-bond acceptors (Lipinski definition) is 3. The highest BCUT2D eigenvalue weighted by molar-refractivity contribution is 6.34. The van der Waals surface area contributed by atoms with Crippen molar-refractivity contribution in [3.8, 4) is 5.75 Å². The molecule has 0 radical (unpaired) electrons. The molecule has 0 bridgehead atoms. The highest BCUT2D eigenvalue weighted by Gasteiger charge is 1.98. The van der Waals surface area contributed by atoms with Crippen LogP contribution in [-0.4, -0.2) is 32.9 Å². The first-order valence-electron chi connectivity index (χ1n) is 6.59. The van der Waals surface area contributed by atoms with Crippen molar-refractivity contribution >= 4 is 23.2 Å². The minimum atomic E-state index is 0.575. The number of unbranched alkanes of at least 4 members (excludes halogenated alkanes) is 1. The molecule has 19 heavy (non-hydrogen) atoms. The Morgan fingerprint density at radius 1 is 1.00 bits per heavy atom. The molecule has 5 heteroatoms. The van der Waals surface area contributed by atoms with Crippen molar-refractivity contribution in [3.05, 3.63) is 28.2 Å². The highest BCUT2D eigenvalue weighted by atomic mass is 35.5. The van der Waals surface area contributed by atoms with Crippen molar-refractivity contribution in [2.75, 3.05) is 32.9 Å². The standard InChI is InChI=1S/C14H21Cl2NO2/c1-2-3-6-18-7-4-17-5-8-19-14-10-12(15)9-13(16)11-14/h9-11,17H,2-8H2,1H3. The van der Waals surface area contributed by atoms with Gasteiger partial charge in [-0.25, -0.2) is 0 Å². The molecule has 0 spiro atoms. The van der Waals surface area contributed by atoms with E-state index in [-0.39, 0.29) is 0 Å². The first kappa shape index (κ1) is 16.6. The molecule has 0 aliphatic heterocycles. The van der Waals surface area contributed by atoms with Gasteiger partial charge in [-0.1, -0.05) is 36.5 Å². The minimum absolute atomic E-state index is 0.575. The number of nitrogens with one attached hydrogen (secondary N) is 1. The van der Waals surface area contributed by atoms with Gasteiger partial charge in [0.25, 0.3) is 0 Å². The Labute approximate surface area is 125 Å². The predicted molar refractivity (Wildman–Crippen MR) is 80.6 cm³/mol. The lowest BCUT2D eigenvalue weighted by Gasteiger charge is -2.08. The van der Waals surface area contributed by atoms with Gasteiger partial charge in [-0.05, 0) is 24.6 Å². The monoisotopic (exact) mass is 305 g/mol. The summed E-state index contributed by atoms with van der Waals surface area (Å²) in [7, 11) is 0. The molecule has 108 valence electrons. The summed E-state index contributed by atoms with van der Waals surface area (Å²) in [6, 6.07) is 5.18. The third kappa shape index (κ3) is 8.32. The van der Waals surface area contributed by atoms with Gasteiger partial charge in [0.1, 0.15) is 12.4 Å². The number of rotatable bonds is 10. The fourth-order valence-corrected chi connectivity index (χ4v) is 1.98. The largest absolute Gasteiger partial charge is 0.492 e. The number of benzene rings is 1. The topological polar surface area (TPSA) is 30.5 Å². The van der Waals surface area contributed by atoms with E-state index in [0.717, 1.165) is 32.7 Å². The predicted octanol–water partition coefficient (Wildman–Crippen LogP) is 3.78. The normalized spacial score (nSPS) is 10.7. The van der Waals surface area contributed by atoms with Gasteiger partial charge in [-0.15, -0.1) is 0 Å². The van der Waals surface area contributed by atoms with Crippen LogP contribution in [0.25, 0.3) is 0 Å². The molecule has 0 aromatic heterocycles. The van der Waals surface area contributed by atoms with Gasteiger partial charge in [0.05, 0.1) is 6.61 Å². The third-order valence-corrected chi connectivity index (χ3v) is 2.89. The Bertz CT molecular complexity index is 341. The molecule has 0 amide bonds. The van der Waals surface area contributed by atoms with Crippen LogP contribution >= 0.6 is 23.2 Å². The molecular weight excluding hydrogens is 285 g/mol. The van der Waals surface area contributed by atoms with Gasteiger partial charge < -0.3 is 14.8 Å².